The van der Waals surface area contributed by atoms with Crippen molar-refractivity contribution in [3.63, 3.8) is 0 Å². The van der Waals surface area contributed by atoms with E-state index >= 15 is 0 Å². The highest BCUT2D eigenvalue weighted by Gasteiger charge is 2.13. The Hall–Kier alpha value is -3.08. The molecule has 1 aromatic heterocycles. The lowest BCUT2D eigenvalue weighted by atomic mass is 10.0. The van der Waals surface area contributed by atoms with Crippen LogP contribution in [-0.2, 0) is 0 Å². The second-order valence-electron chi connectivity index (χ2n) is 5.89. The highest BCUT2D eigenvalue weighted by molar-refractivity contribution is 6.03. The lowest BCUT2D eigenvalue weighted by Crippen LogP contribution is -2.19. The van der Waals surface area contributed by atoms with Gasteiger partial charge in [0, 0.05) is 0 Å². The van der Waals surface area contributed by atoms with Gasteiger partial charge in [0.2, 0.25) is 0 Å². The van der Waals surface area contributed by atoms with Crippen LogP contribution in [0.5, 0.6) is 5.75 Å². The van der Waals surface area contributed by atoms with Crippen molar-refractivity contribution in [2.45, 2.75) is 20.8 Å². The molecule has 0 aliphatic rings. The zero-order valence-electron chi connectivity index (χ0n) is 14.7. The summed E-state index contributed by atoms with van der Waals surface area (Å²) in [4.78, 5) is 12.2. The highest BCUT2D eigenvalue weighted by atomic mass is 16.5. The number of hydrogen-bond acceptors (Lipinski definition) is 4. The summed E-state index contributed by atoms with van der Waals surface area (Å²) in [6.45, 7) is 5.43. The standard InChI is InChI=1S/C20H20N2O3/c1-12-9-19(14(3)25-12)20(23)22-21-13(2)15-5-6-17-11-18(24-4)8-7-16(17)10-15/h5-11H,1-4H3,(H,22,23)/b21-13-. The summed E-state index contributed by atoms with van der Waals surface area (Å²) in [6.07, 6.45) is 0. The van der Waals surface area contributed by atoms with Gasteiger partial charge in [-0.2, -0.15) is 5.10 Å². The number of nitrogens with zero attached hydrogens (tertiary/aromatic N) is 1. The molecule has 128 valence electrons. The quantitative estimate of drug-likeness (QED) is 0.573. The number of fused-ring (bicyclic) bond motifs is 1. The number of nitrogens with one attached hydrogen (secondary N) is 1. The van der Waals surface area contributed by atoms with Crippen LogP contribution in [0.25, 0.3) is 10.8 Å². The molecule has 0 bridgehead atoms. The number of ether oxygens (including phenoxy) is 1. The molecular weight excluding hydrogens is 316 g/mol. The van der Waals surface area contributed by atoms with Gasteiger partial charge in [0.15, 0.2) is 0 Å². The fraction of sp³-hybridized carbons (Fsp3) is 0.200. The summed E-state index contributed by atoms with van der Waals surface area (Å²) in [5.41, 5.74) is 4.75. The third-order valence-electron chi connectivity index (χ3n) is 4.08. The van der Waals surface area contributed by atoms with Gasteiger partial charge in [0.1, 0.15) is 17.3 Å². The van der Waals surface area contributed by atoms with Crippen molar-refractivity contribution in [2.24, 2.45) is 5.10 Å². The fourth-order valence-electron chi connectivity index (χ4n) is 2.69. The molecule has 1 amide bonds. The first-order valence-electron chi connectivity index (χ1n) is 7.98. The number of amides is 1. The average molecular weight is 336 g/mol. The molecule has 0 saturated carbocycles. The Balaban J connectivity index is 1.81. The third kappa shape index (κ3) is 3.55. The van der Waals surface area contributed by atoms with Crippen LogP contribution in [0.1, 0.15) is 34.4 Å². The van der Waals surface area contributed by atoms with Crippen LogP contribution in [-0.4, -0.2) is 18.7 Å². The summed E-state index contributed by atoms with van der Waals surface area (Å²) in [6, 6.07) is 13.6. The molecule has 5 heteroatoms. The number of benzene rings is 2. The summed E-state index contributed by atoms with van der Waals surface area (Å²) in [7, 11) is 1.65. The van der Waals surface area contributed by atoms with Gasteiger partial charge < -0.3 is 9.15 Å². The highest BCUT2D eigenvalue weighted by Crippen LogP contribution is 2.22. The van der Waals surface area contributed by atoms with Crippen LogP contribution in [0.4, 0.5) is 0 Å². The second kappa shape index (κ2) is 6.81. The lowest BCUT2D eigenvalue weighted by Gasteiger charge is -2.06. The van der Waals surface area contributed by atoms with Gasteiger partial charge in [-0.15, -0.1) is 0 Å². The largest absolute Gasteiger partial charge is 0.497 e. The molecule has 5 nitrogen and oxygen atoms in total. The molecule has 0 saturated heterocycles. The molecule has 1 N–H and O–H groups in total. The number of aryl methyl sites for hydroxylation is 2. The van der Waals surface area contributed by atoms with E-state index in [-0.39, 0.29) is 5.91 Å². The van der Waals surface area contributed by atoms with Gasteiger partial charge in [0.05, 0.1) is 18.4 Å². The van der Waals surface area contributed by atoms with E-state index in [1.165, 1.54) is 0 Å². The van der Waals surface area contributed by atoms with Gasteiger partial charge in [-0.05, 0) is 61.4 Å². The Kier molecular flexibility index (Phi) is 4.57. The van der Waals surface area contributed by atoms with E-state index in [1.54, 1.807) is 20.1 Å². The van der Waals surface area contributed by atoms with Crippen LogP contribution >= 0.6 is 0 Å². The second-order valence-corrected chi connectivity index (χ2v) is 5.89. The van der Waals surface area contributed by atoms with E-state index in [9.17, 15) is 4.79 Å². The van der Waals surface area contributed by atoms with Crippen LogP contribution in [0, 0.1) is 13.8 Å². The maximum Gasteiger partial charge on any atom is 0.274 e. The minimum atomic E-state index is -0.278. The predicted octanol–water partition coefficient (Wildman–Crippen LogP) is 4.21. The number of furan rings is 1. The van der Waals surface area contributed by atoms with Gasteiger partial charge >= 0.3 is 0 Å². The summed E-state index contributed by atoms with van der Waals surface area (Å²) in [5.74, 6) is 1.83. The molecule has 0 fully saturated rings. The number of rotatable bonds is 4. The number of methoxy groups -OCH3 is 1. The molecule has 1 heterocycles. The third-order valence-corrected chi connectivity index (χ3v) is 4.08. The molecule has 3 rings (SSSR count). The zero-order chi connectivity index (χ0) is 18.0. The van der Waals surface area contributed by atoms with Crippen LogP contribution in [0.2, 0.25) is 0 Å². The smallest absolute Gasteiger partial charge is 0.274 e. The number of carbonyl (C=O) groups excluding carboxylic acids is 1. The number of carbonyl (C=O) groups is 1. The first-order valence-corrected chi connectivity index (χ1v) is 7.98. The maximum absolute atomic E-state index is 12.2. The number of hydrazone groups is 1. The van der Waals surface area contributed by atoms with Crippen molar-refractivity contribution in [3.8, 4) is 5.75 Å². The van der Waals surface area contributed by atoms with Crippen molar-refractivity contribution in [3.05, 3.63) is 65.1 Å². The van der Waals surface area contributed by atoms with Crippen molar-refractivity contribution in [1.82, 2.24) is 5.43 Å². The summed E-state index contributed by atoms with van der Waals surface area (Å²) in [5, 5.41) is 6.38. The summed E-state index contributed by atoms with van der Waals surface area (Å²) < 4.78 is 10.6. The molecule has 0 spiro atoms. The van der Waals surface area contributed by atoms with Crippen molar-refractivity contribution in [2.75, 3.05) is 7.11 Å². The van der Waals surface area contributed by atoms with Crippen molar-refractivity contribution < 1.29 is 13.9 Å². The normalized spacial score (nSPS) is 11.6. The first kappa shape index (κ1) is 16.8. The fourth-order valence-corrected chi connectivity index (χ4v) is 2.69. The van der Waals surface area contributed by atoms with Crippen LogP contribution in [0.15, 0.2) is 52.0 Å². The number of hydrogen-bond donors (Lipinski definition) is 1. The Bertz CT molecular complexity index is 970. The maximum atomic E-state index is 12.2. The van der Waals surface area contributed by atoms with E-state index in [0.29, 0.717) is 17.1 Å². The van der Waals surface area contributed by atoms with Crippen molar-refractivity contribution >= 4 is 22.4 Å². The molecular formula is C20H20N2O3. The van der Waals surface area contributed by atoms with E-state index in [2.05, 4.69) is 10.5 Å². The van der Waals surface area contributed by atoms with Gasteiger partial charge in [0.25, 0.3) is 5.91 Å². The van der Waals surface area contributed by atoms with Crippen LogP contribution < -0.4 is 10.2 Å². The van der Waals surface area contributed by atoms with E-state index in [4.69, 9.17) is 9.15 Å². The van der Waals surface area contributed by atoms with Gasteiger partial charge in [-0.25, -0.2) is 5.43 Å². The van der Waals surface area contributed by atoms with E-state index in [1.807, 2.05) is 50.2 Å². The molecule has 2 aromatic carbocycles. The molecule has 25 heavy (non-hydrogen) atoms. The zero-order valence-corrected chi connectivity index (χ0v) is 14.7. The predicted molar refractivity (Wildman–Crippen MR) is 98.4 cm³/mol. The van der Waals surface area contributed by atoms with Gasteiger partial charge in [-0.1, -0.05) is 18.2 Å². The Morgan fingerprint density at radius 2 is 1.80 bits per heavy atom. The Morgan fingerprint density at radius 3 is 2.48 bits per heavy atom. The lowest BCUT2D eigenvalue weighted by molar-refractivity contribution is 0.0953. The summed E-state index contributed by atoms with van der Waals surface area (Å²) >= 11 is 0. The van der Waals surface area contributed by atoms with Crippen molar-refractivity contribution in [1.29, 1.82) is 0 Å². The minimum absolute atomic E-state index is 0.278. The topological polar surface area (TPSA) is 63.8 Å². The Labute approximate surface area is 146 Å². The monoisotopic (exact) mass is 336 g/mol. The molecule has 0 radical (unpaired) electrons. The molecule has 0 aliphatic heterocycles. The molecule has 0 atom stereocenters. The van der Waals surface area contributed by atoms with E-state index < -0.39 is 0 Å². The molecule has 0 aliphatic carbocycles. The average Bonchev–Trinajstić information content (AvgIpc) is 2.96. The SMILES string of the molecule is COc1ccc2cc(/C(C)=N\NC(=O)c3cc(C)oc3C)ccc2c1. The Morgan fingerprint density at radius 1 is 1.08 bits per heavy atom. The minimum Gasteiger partial charge on any atom is -0.497 e. The van der Waals surface area contributed by atoms with E-state index in [0.717, 1.165) is 27.8 Å². The van der Waals surface area contributed by atoms with Crippen LogP contribution in [0.3, 0.4) is 0 Å². The van der Waals surface area contributed by atoms with Gasteiger partial charge in [-0.3, -0.25) is 4.79 Å². The molecule has 3 aromatic rings. The molecule has 0 unspecified atom stereocenters. The first-order chi connectivity index (χ1) is 12.0.